The van der Waals surface area contributed by atoms with E-state index >= 15 is 0 Å². The summed E-state index contributed by atoms with van der Waals surface area (Å²) < 4.78 is 26.1. The average molecular weight is 287 g/mol. The van der Waals surface area contributed by atoms with Gasteiger partial charge >= 0.3 is 5.97 Å². The normalized spacial score (nSPS) is 11.6. The number of nitrogens with one attached hydrogen (secondary N) is 2. The number of hydrogen-bond acceptors (Lipinski definition) is 5. The molecule has 0 aromatic carbocycles. The Morgan fingerprint density at radius 3 is 2.94 bits per heavy atom. The monoisotopic (exact) mass is 287 g/mol. The number of carbonyl (C=O) groups is 1. The van der Waals surface area contributed by atoms with Crippen LogP contribution in [0.3, 0.4) is 0 Å². The average Bonchev–Trinajstić information content (AvgIpc) is 2.98. The Morgan fingerprint density at radius 1 is 1.56 bits per heavy atom. The van der Waals surface area contributed by atoms with Crippen LogP contribution in [0.2, 0.25) is 0 Å². The second-order valence-electron chi connectivity index (χ2n) is 3.32. The number of hydrogen-bond donors (Lipinski definition) is 3. The molecule has 0 bridgehead atoms. The van der Waals surface area contributed by atoms with Gasteiger partial charge in [0.2, 0.25) is 0 Å². The zero-order valence-corrected chi connectivity index (χ0v) is 10.6. The minimum atomic E-state index is -3.91. The number of nitrogens with zero attached hydrogens (tertiary/aromatic N) is 1. The standard InChI is InChI=1S/C9H9N3O4S2/c13-9(14)7-5-10-12-8(7)18(15,16)11-4-6-2-1-3-17-6/h1-3,5,11H,4H2,(H,10,12)(H,13,14). The van der Waals surface area contributed by atoms with E-state index in [-0.39, 0.29) is 12.1 Å². The molecule has 9 heteroatoms. The predicted molar refractivity (Wildman–Crippen MR) is 63.9 cm³/mol. The highest BCUT2D eigenvalue weighted by Gasteiger charge is 2.24. The van der Waals surface area contributed by atoms with E-state index in [1.54, 1.807) is 12.1 Å². The molecule has 96 valence electrons. The molecule has 2 heterocycles. The summed E-state index contributed by atoms with van der Waals surface area (Å²) in [6.45, 7) is 0.109. The number of sulfonamides is 1. The third-order valence-corrected chi connectivity index (χ3v) is 4.37. The van der Waals surface area contributed by atoms with Crippen LogP contribution in [-0.4, -0.2) is 29.7 Å². The first-order valence-electron chi connectivity index (χ1n) is 4.79. The van der Waals surface area contributed by atoms with E-state index in [0.29, 0.717) is 0 Å². The summed E-state index contributed by atoms with van der Waals surface area (Å²) in [5.74, 6) is -1.35. The van der Waals surface area contributed by atoms with Crippen molar-refractivity contribution < 1.29 is 18.3 Å². The highest BCUT2D eigenvalue weighted by atomic mass is 32.2. The molecule has 2 rings (SSSR count). The van der Waals surface area contributed by atoms with E-state index in [9.17, 15) is 13.2 Å². The van der Waals surface area contributed by atoms with Gasteiger partial charge in [-0.15, -0.1) is 11.3 Å². The number of aromatic nitrogens is 2. The van der Waals surface area contributed by atoms with Gasteiger partial charge in [-0.3, -0.25) is 5.10 Å². The third kappa shape index (κ3) is 2.58. The number of carboxylic acids is 1. The summed E-state index contributed by atoms with van der Waals surface area (Å²) in [6, 6.07) is 3.57. The Kier molecular flexibility index (Phi) is 3.45. The molecule has 0 unspecified atom stereocenters. The predicted octanol–water partition coefficient (Wildman–Crippen LogP) is 0.648. The van der Waals surface area contributed by atoms with Crippen molar-refractivity contribution in [2.75, 3.05) is 0 Å². The fourth-order valence-electron chi connectivity index (χ4n) is 1.28. The van der Waals surface area contributed by atoms with Crippen LogP contribution in [0.25, 0.3) is 0 Å². The van der Waals surface area contributed by atoms with Gasteiger partial charge in [-0.25, -0.2) is 17.9 Å². The summed E-state index contributed by atoms with van der Waals surface area (Å²) in [5.41, 5.74) is -0.381. The van der Waals surface area contributed by atoms with E-state index < -0.39 is 21.0 Å². The smallest absolute Gasteiger partial charge is 0.340 e. The summed E-state index contributed by atoms with van der Waals surface area (Å²) in [4.78, 5) is 11.6. The molecule has 0 aliphatic carbocycles. The maximum absolute atomic E-state index is 11.9. The van der Waals surface area contributed by atoms with Gasteiger partial charge < -0.3 is 5.11 Å². The Bertz CT molecular complexity index is 645. The molecule has 0 amide bonds. The number of H-pyrrole nitrogens is 1. The van der Waals surface area contributed by atoms with E-state index in [1.807, 2.05) is 5.38 Å². The van der Waals surface area contributed by atoms with Crippen LogP contribution in [0.4, 0.5) is 0 Å². The SMILES string of the molecule is O=C(O)c1cn[nH]c1S(=O)(=O)NCc1cccs1. The highest BCUT2D eigenvalue weighted by Crippen LogP contribution is 2.13. The molecule has 0 spiro atoms. The van der Waals surface area contributed by atoms with Gasteiger partial charge in [-0.05, 0) is 11.4 Å². The zero-order valence-electron chi connectivity index (χ0n) is 8.95. The fourth-order valence-corrected chi connectivity index (χ4v) is 3.11. The lowest BCUT2D eigenvalue weighted by Crippen LogP contribution is -2.24. The number of rotatable bonds is 5. The largest absolute Gasteiger partial charge is 0.478 e. The number of thiophene rings is 1. The second-order valence-corrected chi connectivity index (χ2v) is 6.06. The third-order valence-electron chi connectivity index (χ3n) is 2.12. The van der Waals surface area contributed by atoms with E-state index in [2.05, 4.69) is 14.9 Å². The van der Waals surface area contributed by atoms with Crippen LogP contribution in [-0.2, 0) is 16.6 Å². The van der Waals surface area contributed by atoms with E-state index in [1.165, 1.54) is 11.3 Å². The minimum absolute atomic E-state index is 0.109. The van der Waals surface area contributed by atoms with Gasteiger partial charge in [-0.1, -0.05) is 6.07 Å². The molecule has 0 aliphatic rings. The van der Waals surface area contributed by atoms with Crippen molar-refractivity contribution in [2.45, 2.75) is 11.6 Å². The van der Waals surface area contributed by atoms with E-state index in [4.69, 9.17) is 5.11 Å². The van der Waals surface area contributed by atoms with Crippen molar-refractivity contribution in [2.24, 2.45) is 0 Å². The molecule has 0 radical (unpaired) electrons. The molecule has 0 saturated carbocycles. The van der Waals surface area contributed by atoms with Gasteiger partial charge in [0.15, 0.2) is 5.03 Å². The van der Waals surface area contributed by atoms with Crippen LogP contribution >= 0.6 is 11.3 Å². The summed E-state index contributed by atoms with van der Waals surface area (Å²) in [7, 11) is -3.91. The Morgan fingerprint density at radius 2 is 2.33 bits per heavy atom. The maximum Gasteiger partial charge on any atom is 0.340 e. The summed E-state index contributed by atoms with van der Waals surface area (Å²) in [6.07, 6.45) is 0.960. The molecule has 0 saturated heterocycles. The number of carboxylic acid groups (broad SMARTS) is 1. The van der Waals surface area contributed by atoms with Crippen molar-refractivity contribution in [1.29, 1.82) is 0 Å². The van der Waals surface area contributed by atoms with Crippen molar-refractivity contribution >= 4 is 27.3 Å². The Hall–Kier alpha value is -1.71. The van der Waals surface area contributed by atoms with Gasteiger partial charge in [-0.2, -0.15) is 5.10 Å². The molecular formula is C9H9N3O4S2. The molecule has 2 aromatic heterocycles. The summed E-state index contributed by atoms with van der Waals surface area (Å²) in [5, 5.41) is 15.8. The second kappa shape index (κ2) is 4.88. The van der Waals surface area contributed by atoms with Gasteiger partial charge in [0.1, 0.15) is 5.56 Å². The first kappa shape index (κ1) is 12.7. The Balaban J connectivity index is 2.20. The molecular weight excluding hydrogens is 278 g/mol. The molecule has 0 fully saturated rings. The number of aromatic amines is 1. The van der Waals surface area contributed by atoms with Gasteiger partial charge in [0.05, 0.1) is 6.20 Å². The first-order valence-corrected chi connectivity index (χ1v) is 7.15. The Labute approximate surface area is 107 Å². The minimum Gasteiger partial charge on any atom is -0.478 e. The maximum atomic E-state index is 11.9. The van der Waals surface area contributed by atoms with Crippen molar-refractivity contribution in [1.82, 2.24) is 14.9 Å². The van der Waals surface area contributed by atoms with Gasteiger partial charge in [0, 0.05) is 11.4 Å². The van der Waals surface area contributed by atoms with Crippen LogP contribution < -0.4 is 4.72 Å². The van der Waals surface area contributed by atoms with Crippen LogP contribution in [0.15, 0.2) is 28.7 Å². The molecule has 3 N–H and O–H groups in total. The summed E-state index contributed by atoms with van der Waals surface area (Å²) >= 11 is 1.40. The van der Waals surface area contributed by atoms with Crippen LogP contribution in [0.1, 0.15) is 15.2 Å². The van der Waals surface area contributed by atoms with Crippen molar-refractivity contribution in [3.63, 3.8) is 0 Å². The van der Waals surface area contributed by atoms with Gasteiger partial charge in [0.25, 0.3) is 10.0 Å². The fraction of sp³-hybridized carbons (Fsp3) is 0.111. The lowest BCUT2D eigenvalue weighted by Gasteiger charge is -2.04. The molecule has 7 nitrogen and oxygen atoms in total. The molecule has 0 aliphatic heterocycles. The first-order chi connectivity index (χ1) is 8.50. The van der Waals surface area contributed by atoms with Crippen molar-refractivity contribution in [3.05, 3.63) is 34.2 Å². The molecule has 18 heavy (non-hydrogen) atoms. The topological polar surface area (TPSA) is 112 Å². The number of aromatic carboxylic acids is 1. The van der Waals surface area contributed by atoms with E-state index in [0.717, 1.165) is 11.1 Å². The lowest BCUT2D eigenvalue weighted by atomic mass is 10.4. The highest BCUT2D eigenvalue weighted by molar-refractivity contribution is 7.89. The van der Waals surface area contributed by atoms with Crippen LogP contribution in [0.5, 0.6) is 0 Å². The van der Waals surface area contributed by atoms with Crippen molar-refractivity contribution in [3.8, 4) is 0 Å². The molecule has 0 atom stereocenters. The lowest BCUT2D eigenvalue weighted by molar-refractivity contribution is 0.0692. The zero-order chi connectivity index (χ0) is 13.2. The van der Waals surface area contributed by atoms with Crippen LogP contribution in [0, 0.1) is 0 Å². The molecule has 2 aromatic rings. The quantitative estimate of drug-likeness (QED) is 0.747.